The molecule has 6 heteroatoms. The highest BCUT2D eigenvalue weighted by atomic mass is 16.5. The van der Waals surface area contributed by atoms with Crippen LogP contribution in [0.15, 0.2) is 60.7 Å². The molecule has 0 fully saturated rings. The molecule has 138 valence electrons. The zero-order chi connectivity index (χ0) is 19.2. The Labute approximate surface area is 157 Å². The first-order valence-corrected chi connectivity index (χ1v) is 8.73. The van der Waals surface area contributed by atoms with Gasteiger partial charge in [0.1, 0.15) is 5.82 Å². The topological polar surface area (TPSA) is 73.2 Å². The van der Waals surface area contributed by atoms with E-state index in [9.17, 15) is 9.59 Å². The number of nitrogens with zero attached hydrogens (tertiary/aromatic N) is 2. The van der Waals surface area contributed by atoms with Crippen molar-refractivity contribution in [3.63, 3.8) is 0 Å². The van der Waals surface area contributed by atoms with Gasteiger partial charge in [0.05, 0.1) is 13.2 Å². The SMILES string of the molecule is CCOC(=O)c1cc(NC(=O)c2ccc(C)cc2)n(Cc2ccccc2)n1. The highest BCUT2D eigenvalue weighted by Crippen LogP contribution is 2.16. The summed E-state index contributed by atoms with van der Waals surface area (Å²) in [6, 6.07) is 18.5. The molecule has 1 amide bonds. The van der Waals surface area contributed by atoms with Crippen LogP contribution in [-0.4, -0.2) is 28.3 Å². The molecule has 0 unspecified atom stereocenters. The standard InChI is InChI=1S/C21H21N3O3/c1-3-27-21(26)18-13-19(22-20(25)17-11-9-15(2)10-12-17)24(23-18)14-16-7-5-4-6-8-16/h4-13H,3,14H2,1-2H3,(H,22,25). The second-order valence-electron chi connectivity index (χ2n) is 6.10. The van der Waals surface area contributed by atoms with Gasteiger partial charge in [-0.25, -0.2) is 9.48 Å². The maximum atomic E-state index is 12.6. The van der Waals surface area contributed by atoms with E-state index in [0.717, 1.165) is 11.1 Å². The van der Waals surface area contributed by atoms with Crippen molar-refractivity contribution in [2.45, 2.75) is 20.4 Å². The smallest absolute Gasteiger partial charge is 0.358 e. The van der Waals surface area contributed by atoms with E-state index in [0.29, 0.717) is 17.9 Å². The Morgan fingerprint density at radius 2 is 1.78 bits per heavy atom. The molecule has 0 spiro atoms. The molecule has 3 aromatic rings. The Morgan fingerprint density at radius 3 is 2.44 bits per heavy atom. The number of carbonyl (C=O) groups excluding carboxylic acids is 2. The normalized spacial score (nSPS) is 10.4. The molecule has 0 aliphatic heterocycles. The van der Waals surface area contributed by atoms with Crippen LogP contribution >= 0.6 is 0 Å². The maximum Gasteiger partial charge on any atom is 0.358 e. The summed E-state index contributed by atoms with van der Waals surface area (Å²) in [6.45, 7) is 4.38. The van der Waals surface area contributed by atoms with Crippen LogP contribution in [0.3, 0.4) is 0 Å². The average Bonchev–Trinajstić information content (AvgIpc) is 3.06. The van der Waals surface area contributed by atoms with E-state index >= 15 is 0 Å². The van der Waals surface area contributed by atoms with Crippen molar-refractivity contribution in [1.82, 2.24) is 9.78 Å². The molecule has 0 radical (unpaired) electrons. The van der Waals surface area contributed by atoms with Gasteiger partial charge in [0.2, 0.25) is 0 Å². The minimum Gasteiger partial charge on any atom is -0.461 e. The lowest BCUT2D eigenvalue weighted by atomic mass is 10.1. The summed E-state index contributed by atoms with van der Waals surface area (Å²) in [5.41, 5.74) is 2.77. The van der Waals surface area contributed by atoms with Crippen LogP contribution < -0.4 is 5.32 Å². The van der Waals surface area contributed by atoms with E-state index in [2.05, 4.69) is 10.4 Å². The summed E-state index contributed by atoms with van der Waals surface area (Å²) in [5, 5.41) is 7.15. The average molecular weight is 363 g/mol. The number of hydrogen-bond acceptors (Lipinski definition) is 4. The summed E-state index contributed by atoms with van der Waals surface area (Å²) in [4.78, 5) is 24.6. The zero-order valence-corrected chi connectivity index (χ0v) is 15.3. The van der Waals surface area contributed by atoms with Crippen molar-refractivity contribution in [1.29, 1.82) is 0 Å². The number of aryl methyl sites for hydroxylation is 1. The van der Waals surface area contributed by atoms with E-state index < -0.39 is 5.97 Å². The van der Waals surface area contributed by atoms with Crippen molar-refractivity contribution in [2.75, 3.05) is 11.9 Å². The Bertz CT molecular complexity index is 931. The van der Waals surface area contributed by atoms with E-state index in [4.69, 9.17) is 4.74 Å². The maximum absolute atomic E-state index is 12.6. The van der Waals surface area contributed by atoms with Crippen molar-refractivity contribution in [3.05, 3.63) is 83.0 Å². The fourth-order valence-electron chi connectivity index (χ4n) is 2.59. The second-order valence-corrected chi connectivity index (χ2v) is 6.10. The summed E-state index contributed by atoms with van der Waals surface area (Å²) >= 11 is 0. The Hall–Kier alpha value is -3.41. The van der Waals surface area contributed by atoms with Gasteiger partial charge in [0.25, 0.3) is 5.91 Å². The molecule has 2 aromatic carbocycles. The van der Waals surface area contributed by atoms with Crippen LogP contribution in [-0.2, 0) is 11.3 Å². The lowest BCUT2D eigenvalue weighted by Crippen LogP contribution is -2.16. The van der Waals surface area contributed by atoms with Gasteiger partial charge in [-0.3, -0.25) is 4.79 Å². The summed E-state index contributed by atoms with van der Waals surface area (Å²) in [6.07, 6.45) is 0. The molecular weight excluding hydrogens is 342 g/mol. The molecule has 1 N–H and O–H groups in total. The van der Waals surface area contributed by atoms with Crippen molar-refractivity contribution < 1.29 is 14.3 Å². The number of anilines is 1. The third kappa shape index (κ3) is 4.61. The molecule has 27 heavy (non-hydrogen) atoms. The van der Waals surface area contributed by atoms with Gasteiger partial charge in [-0.15, -0.1) is 0 Å². The lowest BCUT2D eigenvalue weighted by Gasteiger charge is -2.09. The predicted molar refractivity (Wildman–Crippen MR) is 103 cm³/mol. The van der Waals surface area contributed by atoms with E-state index in [1.54, 1.807) is 23.7 Å². The molecule has 3 rings (SSSR count). The van der Waals surface area contributed by atoms with Crippen LogP contribution in [0.1, 0.15) is 38.9 Å². The van der Waals surface area contributed by atoms with Crippen LogP contribution in [0.25, 0.3) is 0 Å². The second kappa shape index (κ2) is 8.31. The van der Waals surface area contributed by atoms with Crippen LogP contribution in [0.4, 0.5) is 5.82 Å². The van der Waals surface area contributed by atoms with Gasteiger partial charge in [0.15, 0.2) is 5.69 Å². The minimum absolute atomic E-state index is 0.159. The van der Waals surface area contributed by atoms with Gasteiger partial charge >= 0.3 is 5.97 Å². The fraction of sp³-hybridized carbons (Fsp3) is 0.190. The third-order valence-electron chi connectivity index (χ3n) is 4.00. The quantitative estimate of drug-likeness (QED) is 0.678. The van der Waals surface area contributed by atoms with Crippen LogP contribution in [0.5, 0.6) is 0 Å². The number of ether oxygens (including phenoxy) is 1. The van der Waals surface area contributed by atoms with E-state index in [-0.39, 0.29) is 18.2 Å². The van der Waals surface area contributed by atoms with Gasteiger partial charge in [-0.1, -0.05) is 48.0 Å². The molecule has 6 nitrogen and oxygen atoms in total. The largest absolute Gasteiger partial charge is 0.461 e. The molecule has 0 saturated carbocycles. The highest BCUT2D eigenvalue weighted by Gasteiger charge is 2.17. The molecule has 0 saturated heterocycles. The molecule has 1 heterocycles. The van der Waals surface area contributed by atoms with Crippen molar-refractivity contribution in [3.8, 4) is 0 Å². The number of hydrogen-bond donors (Lipinski definition) is 1. The first-order valence-electron chi connectivity index (χ1n) is 8.73. The number of amides is 1. The summed E-state index contributed by atoms with van der Waals surface area (Å²) in [5.74, 6) is -0.345. The first-order chi connectivity index (χ1) is 13.1. The number of aromatic nitrogens is 2. The molecule has 0 aliphatic rings. The first kappa shape index (κ1) is 18.4. The molecule has 0 atom stereocenters. The zero-order valence-electron chi connectivity index (χ0n) is 15.3. The molecule has 0 aliphatic carbocycles. The van der Waals surface area contributed by atoms with Gasteiger partial charge in [-0.2, -0.15) is 5.10 Å². The Kier molecular flexibility index (Phi) is 5.66. The van der Waals surface area contributed by atoms with Gasteiger partial charge in [0, 0.05) is 11.6 Å². The number of carbonyl (C=O) groups is 2. The summed E-state index contributed by atoms with van der Waals surface area (Å²) < 4.78 is 6.61. The van der Waals surface area contributed by atoms with E-state index in [1.165, 1.54) is 6.07 Å². The molecular formula is C21H21N3O3. The lowest BCUT2D eigenvalue weighted by molar-refractivity contribution is 0.0518. The monoisotopic (exact) mass is 363 g/mol. The van der Waals surface area contributed by atoms with Crippen molar-refractivity contribution >= 4 is 17.7 Å². The Balaban J connectivity index is 1.88. The highest BCUT2D eigenvalue weighted by molar-refractivity contribution is 6.04. The van der Waals surface area contributed by atoms with Gasteiger partial charge in [-0.05, 0) is 31.5 Å². The van der Waals surface area contributed by atoms with Crippen molar-refractivity contribution in [2.24, 2.45) is 0 Å². The predicted octanol–water partition coefficient (Wildman–Crippen LogP) is 3.67. The van der Waals surface area contributed by atoms with E-state index in [1.807, 2.05) is 49.4 Å². The number of nitrogens with one attached hydrogen (secondary N) is 1. The molecule has 1 aromatic heterocycles. The van der Waals surface area contributed by atoms with Gasteiger partial charge < -0.3 is 10.1 Å². The number of benzene rings is 2. The Morgan fingerprint density at radius 1 is 1.07 bits per heavy atom. The summed E-state index contributed by atoms with van der Waals surface area (Å²) in [7, 11) is 0. The van der Waals surface area contributed by atoms with Crippen LogP contribution in [0, 0.1) is 6.92 Å². The molecule has 0 bridgehead atoms. The van der Waals surface area contributed by atoms with Crippen LogP contribution in [0.2, 0.25) is 0 Å². The number of esters is 1. The number of rotatable bonds is 6. The fourth-order valence-corrected chi connectivity index (χ4v) is 2.59. The third-order valence-corrected chi connectivity index (χ3v) is 4.00. The minimum atomic E-state index is -0.518.